The molecule has 4 rings (SSSR count). The first-order chi connectivity index (χ1) is 12.4. The van der Waals surface area contributed by atoms with Crippen molar-refractivity contribution in [1.82, 2.24) is 19.4 Å². The van der Waals surface area contributed by atoms with Crippen molar-refractivity contribution in [2.24, 2.45) is 12.8 Å². The molecule has 1 aliphatic rings. The molecule has 8 heteroatoms. The topological polar surface area (TPSA) is 90.2 Å². The van der Waals surface area contributed by atoms with E-state index in [1.54, 1.807) is 22.3 Å². The maximum absolute atomic E-state index is 14.8. The second kappa shape index (κ2) is 5.82. The van der Waals surface area contributed by atoms with Crippen LogP contribution in [0.4, 0.5) is 10.1 Å². The van der Waals surface area contributed by atoms with E-state index in [4.69, 9.17) is 5.73 Å². The minimum Gasteiger partial charge on any atom is -0.377 e. The maximum atomic E-state index is 14.8. The van der Waals surface area contributed by atoms with E-state index >= 15 is 0 Å². The molecule has 1 fully saturated rings. The molecular formula is C18H21FN6O. The number of nitrogens with two attached hydrogens (primary N) is 1. The third-order valence-electron chi connectivity index (χ3n) is 5.22. The highest BCUT2D eigenvalue weighted by molar-refractivity contribution is 6.02. The number of halogens is 1. The second-order valence-corrected chi connectivity index (χ2v) is 7.06. The SMILES string of the molecule is Cn1nccc1-c1cc2c(N[C@@H]3CCC[C@]3(C)F)c(C(N)=O)cnn2c1. The second-order valence-electron chi connectivity index (χ2n) is 7.06. The Morgan fingerprint density at radius 2 is 2.27 bits per heavy atom. The fourth-order valence-electron chi connectivity index (χ4n) is 3.72. The van der Waals surface area contributed by atoms with Crippen LogP contribution in [0.25, 0.3) is 16.8 Å². The van der Waals surface area contributed by atoms with Crippen LogP contribution in [0.3, 0.4) is 0 Å². The number of carbonyl (C=O) groups excluding carboxylic acids is 1. The predicted molar refractivity (Wildman–Crippen MR) is 96.7 cm³/mol. The number of fused-ring (bicyclic) bond motifs is 1. The zero-order valence-electron chi connectivity index (χ0n) is 14.7. The average Bonchev–Trinajstić information content (AvgIpc) is 3.26. The van der Waals surface area contributed by atoms with E-state index in [0.717, 1.165) is 17.7 Å². The number of amides is 1. The Bertz CT molecular complexity index is 989. The lowest BCUT2D eigenvalue weighted by molar-refractivity contribution is 0.1000. The van der Waals surface area contributed by atoms with Gasteiger partial charge in [-0.15, -0.1) is 0 Å². The van der Waals surface area contributed by atoms with E-state index in [1.807, 2.05) is 25.4 Å². The van der Waals surface area contributed by atoms with Crippen LogP contribution in [-0.4, -0.2) is 37.0 Å². The number of carbonyl (C=O) groups is 1. The summed E-state index contributed by atoms with van der Waals surface area (Å²) in [6.45, 7) is 1.60. The molecule has 0 aromatic carbocycles. The highest BCUT2D eigenvalue weighted by atomic mass is 19.1. The van der Waals surface area contributed by atoms with Gasteiger partial charge in [0.2, 0.25) is 0 Å². The van der Waals surface area contributed by atoms with Crippen LogP contribution in [-0.2, 0) is 7.05 Å². The van der Waals surface area contributed by atoms with Gasteiger partial charge in [0, 0.05) is 25.0 Å². The lowest BCUT2D eigenvalue weighted by atomic mass is 10.0. The molecule has 26 heavy (non-hydrogen) atoms. The Balaban J connectivity index is 1.85. The van der Waals surface area contributed by atoms with Gasteiger partial charge in [-0.2, -0.15) is 10.2 Å². The number of nitrogens with zero attached hydrogens (tertiary/aromatic N) is 4. The van der Waals surface area contributed by atoms with E-state index in [9.17, 15) is 9.18 Å². The summed E-state index contributed by atoms with van der Waals surface area (Å²) in [4.78, 5) is 11.9. The predicted octanol–water partition coefficient (Wildman–Crippen LogP) is 2.53. The van der Waals surface area contributed by atoms with Crippen molar-refractivity contribution in [3.63, 3.8) is 0 Å². The van der Waals surface area contributed by atoms with Gasteiger partial charge in [0.1, 0.15) is 5.67 Å². The van der Waals surface area contributed by atoms with Crippen LogP contribution < -0.4 is 11.1 Å². The highest BCUT2D eigenvalue weighted by Gasteiger charge is 2.39. The van der Waals surface area contributed by atoms with E-state index in [1.165, 1.54) is 6.20 Å². The molecule has 0 unspecified atom stereocenters. The first-order valence-electron chi connectivity index (χ1n) is 8.62. The molecule has 3 aromatic heterocycles. The molecule has 0 radical (unpaired) electrons. The fraction of sp³-hybridized carbons (Fsp3) is 0.389. The van der Waals surface area contributed by atoms with Crippen LogP contribution in [0, 0.1) is 0 Å². The minimum absolute atomic E-state index is 0.259. The summed E-state index contributed by atoms with van der Waals surface area (Å²) in [5, 5.41) is 11.7. The van der Waals surface area contributed by atoms with Crippen LogP contribution in [0.2, 0.25) is 0 Å². The van der Waals surface area contributed by atoms with Crippen molar-refractivity contribution < 1.29 is 9.18 Å². The van der Waals surface area contributed by atoms with Gasteiger partial charge in [0.05, 0.1) is 34.7 Å². The number of hydrogen-bond acceptors (Lipinski definition) is 4. The number of anilines is 1. The molecule has 0 aliphatic heterocycles. The van der Waals surface area contributed by atoms with Gasteiger partial charge in [-0.05, 0) is 38.3 Å². The van der Waals surface area contributed by atoms with E-state index in [0.29, 0.717) is 24.0 Å². The van der Waals surface area contributed by atoms with Crippen molar-refractivity contribution in [1.29, 1.82) is 0 Å². The lowest BCUT2D eigenvalue weighted by Gasteiger charge is -2.26. The molecule has 7 nitrogen and oxygen atoms in total. The van der Waals surface area contributed by atoms with E-state index in [-0.39, 0.29) is 11.6 Å². The first-order valence-corrected chi connectivity index (χ1v) is 8.62. The van der Waals surface area contributed by atoms with Crippen molar-refractivity contribution in [2.75, 3.05) is 5.32 Å². The molecule has 3 aromatic rings. The average molecular weight is 356 g/mol. The smallest absolute Gasteiger partial charge is 0.252 e. The van der Waals surface area contributed by atoms with Gasteiger partial charge in [-0.3, -0.25) is 9.48 Å². The summed E-state index contributed by atoms with van der Waals surface area (Å²) in [6, 6.07) is 3.43. The molecular weight excluding hydrogens is 335 g/mol. The number of aryl methyl sites for hydroxylation is 1. The molecule has 1 aliphatic carbocycles. The zero-order chi connectivity index (χ0) is 18.5. The number of hydrogen-bond donors (Lipinski definition) is 2. The normalized spacial score (nSPS) is 22.8. The molecule has 2 atom stereocenters. The summed E-state index contributed by atoms with van der Waals surface area (Å²) >= 11 is 0. The minimum atomic E-state index is -1.33. The van der Waals surface area contributed by atoms with Crippen molar-refractivity contribution in [3.05, 3.63) is 36.3 Å². The molecule has 0 spiro atoms. The number of rotatable bonds is 4. The number of aromatic nitrogens is 4. The summed E-state index contributed by atoms with van der Waals surface area (Å²) in [6.07, 6.45) is 7.00. The highest BCUT2D eigenvalue weighted by Crippen LogP contribution is 2.37. The lowest BCUT2D eigenvalue weighted by Crippen LogP contribution is -2.36. The largest absolute Gasteiger partial charge is 0.377 e. The summed E-state index contributed by atoms with van der Waals surface area (Å²) in [5.41, 5.74) is 7.49. The monoisotopic (exact) mass is 356 g/mol. The molecule has 3 N–H and O–H groups in total. The Morgan fingerprint density at radius 3 is 2.88 bits per heavy atom. The molecule has 136 valence electrons. The maximum Gasteiger partial charge on any atom is 0.252 e. The summed E-state index contributed by atoms with van der Waals surface area (Å²) in [7, 11) is 1.85. The first kappa shape index (κ1) is 16.6. The van der Waals surface area contributed by atoms with Gasteiger partial charge in [-0.25, -0.2) is 8.91 Å². The number of primary amides is 1. The Morgan fingerprint density at radius 1 is 1.46 bits per heavy atom. The third-order valence-corrected chi connectivity index (χ3v) is 5.22. The molecule has 1 saturated carbocycles. The van der Waals surface area contributed by atoms with Gasteiger partial charge in [0.25, 0.3) is 5.91 Å². The Hall–Kier alpha value is -2.90. The van der Waals surface area contributed by atoms with Crippen molar-refractivity contribution >= 4 is 17.1 Å². The van der Waals surface area contributed by atoms with E-state index < -0.39 is 11.6 Å². The van der Waals surface area contributed by atoms with Crippen molar-refractivity contribution in [3.8, 4) is 11.3 Å². The van der Waals surface area contributed by atoms with Crippen LogP contribution in [0.15, 0.2) is 30.7 Å². The Labute approximate surface area is 150 Å². The third kappa shape index (κ3) is 2.61. The van der Waals surface area contributed by atoms with E-state index in [2.05, 4.69) is 15.5 Å². The van der Waals surface area contributed by atoms with Crippen LogP contribution >= 0.6 is 0 Å². The zero-order valence-corrected chi connectivity index (χ0v) is 14.7. The van der Waals surface area contributed by atoms with Gasteiger partial charge >= 0.3 is 0 Å². The fourth-order valence-corrected chi connectivity index (χ4v) is 3.72. The molecule has 0 bridgehead atoms. The van der Waals surface area contributed by atoms with Gasteiger partial charge < -0.3 is 11.1 Å². The number of nitrogens with one attached hydrogen (secondary N) is 1. The Kier molecular flexibility index (Phi) is 3.71. The summed E-state index contributed by atoms with van der Waals surface area (Å²) < 4.78 is 18.2. The van der Waals surface area contributed by atoms with Gasteiger partial charge in [-0.1, -0.05) is 0 Å². The van der Waals surface area contributed by atoms with Crippen LogP contribution in [0.1, 0.15) is 36.5 Å². The van der Waals surface area contributed by atoms with Crippen molar-refractivity contribution in [2.45, 2.75) is 37.9 Å². The summed E-state index contributed by atoms with van der Waals surface area (Å²) in [5.74, 6) is -0.593. The standard InChI is InChI=1S/C18H21FN6O/c1-18(19)6-3-4-15(18)23-16-12(17(20)26)9-22-25-10-11(8-14(16)25)13-5-7-21-24(13)2/h5,7-10,15,23H,3-4,6H2,1-2H3,(H2,20,26)/t15-,18+/m1/s1. The quantitative estimate of drug-likeness (QED) is 0.752. The molecule has 1 amide bonds. The number of alkyl halides is 1. The molecule has 3 heterocycles. The van der Waals surface area contributed by atoms with Gasteiger partial charge in [0.15, 0.2) is 0 Å². The molecule has 0 saturated heterocycles. The van der Waals surface area contributed by atoms with Crippen LogP contribution in [0.5, 0.6) is 0 Å².